The summed E-state index contributed by atoms with van der Waals surface area (Å²) in [5.74, 6) is 0.213. The molecule has 2 rings (SSSR count). The number of unbranched alkanes of at least 4 members (excludes halogenated alkanes) is 1. The van der Waals surface area contributed by atoms with Crippen LogP contribution in [0.25, 0.3) is 0 Å². The van der Waals surface area contributed by atoms with E-state index in [9.17, 15) is 4.79 Å². The Labute approximate surface area is 109 Å². The van der Waals surface area contributed by atoms with Crippen molar-refractivity contribution < 1.29 is 9.53 Å². The van der Waals surface area contributed by atoms with Gasteiger partial charge in [0.1, 0.15) is 0 Å². The van der Waals surface area contributed by atoms with E-state index in [0.717, 1.165) is 31.6 Å². The molecule has 0 aromatic heterocycles. The highest BCUT2D eigenvalue weighted by Gasteiger charge is 2.31. The molecule has 0 unspecified atom stereocenters. The normalized spacial score (nSPS) is 19.5. The number of carbonyl (C=O) groups is 1. The monoisotopic (exact) mass is 247 g/mol. The third kappa shape index (κ3) is 3.10. The summed E-state index contributed by atoms with van der Waals surface area (Å²) in [5, 5.41) is 0. The molecule has 1 saturated heterocycles. The molecule has 0 N–H and O–H groups in total. The lowest BCUT2D eigenvalue weighted by Gasteiger charge is -2.24. The molecule has 0 aliphatic carbocycles. The lowest BCUT2D eigenvalue weighted by Crippen LogP contribution is -2.36. The van der Waals surface area contributed by atoms with Crippen LogP contribution in [0.1, 0.15) is 32.6 Å². The molecule has 3 heteroatoms. The van der Waals surface area contributed by atoms with E-state index in [1.54, 1.807) is 0 Å². The van der Waals surface area contributed by atoms with E-state index in [2.05, 4.69) is 6.92 Å². The van der Waals surface area contributed by atoms with Crippen molar-refractivity contribution in [1.29, 1.82) is 0 Å². The van der Waals surface area contributed by atoms with Gasteiger partial charge in [0.25, 0.3) is 0 Å². The van der Waals surface area contributed by atoms with Gasteiger partial charge in [0, 0.05) is 18.7 Å². The van der Waals surface area contributed by atoms with Gasteiger partial charge in [0.05, 0.1) is 12.6 Å². The molecule has 3 nitrogen and oxygen atoms in total. The number of carbonyl (C=O) groups excluding carboxylic acids is 1. The molecular formula is C15H21NO2. The number of rotatable bonds is 6. The van der Waals surface area contributed by atoms with Gasteiger partial charge in [-0.05, 0) is 25.0 Å². The molecule has 0 radical (unpaired) electrons. The largest absolute Gasteiger partial charge is 0.379 e. The Morgan fingerprint density at radius 3 is 2.83 bits per heavy atom. The van der Waals surface area contributed by atoms with E-state index < -0.39 is 0 Å². The standard InChI is InChI=1S/C15H21NO2/c1-2-3-11-18-12-14-9-10-15(17)16(14)13-7-5-4-6-8-13/h4-8,14H,2-3,9-12H2,1H3/t14-/m0/s1. The van der Waals surface area contributed by atoms with Crippen LogP contribution in [0.15, 0.2) is 30.3 Å². The first kappa shape index (κ1) is 13.1. The van der Waals surface area contributed by atoms with Crippen molar-refractivity contribution in [2.75, 3.05) is 18.1 Å². The SMILES string of the molecule is CCCCOC[C@@H]1CCC(=O)N1c1ccccc1. The fraction of sp³-hybridized carbons (Fsp3) is 0.533. The predicted octanol–water partition coefficient (Wildman–Crippen LogP) is 3.00. The zero-order chi connectivity index (χ0) is 12.8. The number of hydrogen-bond donors (Lipinski definition) is 0. The van der Waals surface area contributed by atoms with Crippen LogP contribution < -0.4 is 4.90 Å². The van der Waals surface area contributed by atoms with Crippen LogP contribution in [0.5, 0.6) is 0 Å². The summed E-state index contributed by atoms with van der Waals surface area (Å²) in [6.45, 7) is 3.60. The van der Waals surface area contributed by atoms with Gasteiger partial charge in [0.15, 0.2) is 0 Å². The van der Waals surface area contributed by atoms with Crippen LogP contribution in [0.2, 0.25) is 0 Å². The second-order valence-corrected chi connectivity index (χ2v) is 4.72. The maximum absolute atomic E-state index is 11.9. The Morgan fingerprint density at radius 1 is 1.33 bits per heavy atom. The zero-order valence-electron chi connectivity index (χ0n) is 11.0. The minimum Gasteiger partial charge on any atom is -0.379 e. The van der Waals surface area contributed by atoms with Crippen molar-refractivity contribution in [3.05, 3.63) is 30.3 Å². The van der Waals surface area contributed by atoms with Crippen LogP contribution in [-0.4, -0.2) is 25.2 Å². The number of anilines is 1. The van der Waals surface area contributed by atoms with Gasteiger partial charge in [-0.3, -0.25) is 4.79 Å². The molecule has 1 aromatic carbocycles. The third-order valence-electron chi connectivity index (χ3n) is 3.31. The van der Waals surface area contributed by atoms with Crippen LogP contribution in [0.3, 0.4) is 0 Å². The van der Waals surface area contributed by atoms with Crippen molar-refractivity contribution in [2.24, 2.45) is 0 Å². The topological polar surface area (TPSA) is 29.5 Å². The molecule has 1 aliphatic heterocycles. The van der Waals surface area contributed by atoms with Crippen LogP contribution in [-0.2, 0) is 9.53 Å². The number of benzene rings is 1. The van der Waals surface area contributed by atoms with Gasteiger partial charge >= 0.3 is 0 Å². The molecule has 1 amide bonds. The summed E-state index contributed by atoms with van der Waals surface area (Å²) in [6, 6.07) is 10.1. The van der Waals surface area contributed by atoms with E-state index in [4.69, 9.17) is 4.74 Å². The molecular weight excluding hydrogens is 226 g/mol. The maximum Gasteiger partial charge on any atom is 0.227 e. The third-order valence-corrected chi connectivity index (χ3v) is 3.31. The Morgan fingerprint density at radius 2 is 2.11 bits per heavy atom. The van der Waals surface area contributed by atoms with Crippen LogP contribution in [0.4, 0.5) is 5.69 Å². The second kappa shape index (κ2) is 6.55. The predicted molar refractivity (Wildman–Crippen MR) is 72.7 cm³/mol. The van der Waals surface area contributed by atoms with E-state index in [1.807, 2.05) is 35.2 Å². The number of amides is 1. The zero-order valence-corrected chi connectivity index (χ0v) is 11.0. The Kier molecular flexibility index (Phi) is 4.76. The lowest BCUT2D eigenvalue weighted by molar-refractivity contribution is -0.117. The molecule has 98 valence electrons. The number of nitrogens with zero attached hydrogens (tertiary/aromatic N) is 1. The summed E-state index contributed by atoms with van der Waals surface area (Å²) in [7, 11) is 0. The van der Waals surface area contributed by atoms with Crippen molar-refractivity contribution in [2.45, 2.75) is 38.6 Å². The first-order valence-corrected chi connectivity index (χ1v) is 6.77. The maximum atomic E-state index is 11.9. The van der Waals surface area contributed by atoms with Crippen molar-refractivity contribution in [1.82, 2.24) is 0 Å². The average Bonchev–Trinajstić information content (AvgIpc) is 2.77. The highest BCUT2D eigenvalue weighted by molar-refractivity contribution is 5.96. The van der Waals surface area contributed by atoms with Crippen molar-refractivity contribution >= 4 is 11.6 Å². The Balaban J connectivity index is 1.95. The van der Waals surface area contributed by atoms with Crippen LogP contribution in [0, 0.1) is 0 Å². The molecule has 1 atom stereocenters. The number of ether oxygens (including phenoxy) is 1. The second-order valence-electron chi connectivity index (χ2n) is 4.72. The summed E-state index contributed by atoms with van der Waals surface area (Å²) in [5.41, 5.74) is 0.990. The quantitative estimate of drug-likeness (QED) is 0.723. The molecule has 1 aliphatic rings. The van der Waals surface area contributed by atoms with Gasteiger partial charge in [0.2, 0.25) is 5.91 Å². The Bertz CT molecular complexity index is 377. The average molecular weight is 247 g/mol. The molecule has 0 bridgehead atoms. The summed E-state index contributed by atoms with van der Waals surface area (Å²) >= 11 is 0. The van der Waals surface area contributed by atoms with E-state index >= 15 is 0 Å². The Hall–Kier alpha value is -1.35. The molecule has 1 fully saturated rings. The minimum absolute atomic E-state index is 0.205. The van der Waals surface area contributed by atoms with E-state index in [-0.39, 0.29) is 11.9 Å². The fourth-order valence-electron chi connectivity index (χ4n) is 2.31. The van der Waals surface area contributed by atoms with Gasteiger partial charge in [-0.1, -0.05) is 31.5 Å². The number of hydrogen-bond acceptors (Lipinski definition) is 2. The smallest absolute Gasteiger partial charge is 0.227 e. The molecule has 1 heterocycles. The highest BCUT2D eigenvalue weighted by Crippen LogP contribution is 2.26. The van der Waals surface area contributed by atoms with Gasteiger partial charge in [-0.2, -0.15) is 0 Å². The molecule has 1 aromatic rings. The molecule has 0 saturated carbocycles. The van der Waals surface area contributed by atoms with Gasteiger partial charge in [-0.15, -0.1) is 0 Å². The summed E-state index contributed by atoms with van der Waals surface area (Å²) in [4.78, 5) is 13.8. The fourth-order valence-corrected chi connectivity index (χ4v) is 2.31. The van der Waals surface area contributed by atoms with Crippen molar-refractivity contribution in [3.8, 4) is 0 Å². The minimum atomic E-state index is 0.205. The molecule has 18 heavy (non-hydrogen) atoms. The summed E-state index contributed by atoms with van der Waals surface area (Å²) < 4.78 is 5.66. The van der Waals surface area contributed by atoms with E-state index in [1.165, 1.54) is 0 Å². The molecule has 0 spiro atoms. The highest BCUT2D eigenvalue weighted by atomic mass is 16.5. The van der Waals surface area contributed by atoms with E-state index in [0.29, 0.717) is 13.0 Å². The summed E-state index contributed by atoms with van der Waals surface area (Å²) in [6.07, 6.45) is 3.77. The van der Waals surface area contributed by atoms with Crippen LogP contribution >= 0.6 is 0 Å². The lowest BCUT2D eigenvalue weighted by atomic mass is 10.2. The first-order chi connectivity index (χ1) is 8.83. The van der Waals surface area contributed by atoms with Gasteiger partial charge in [-0.25, -0.2) is 0 Å². The first-order valence-electron chi connectivity index (χ1n) is 6.77. The van der Waals surface area contributed by atoms with Gasteiger partial charge < -0.3 is 9.64 Å². The van der Waals surface area contributed by atoms with Crippen molar-refractivity contribution in [3.63, 3.8) is 0 Å². The number of para-hydroxylation sites is 1.